The molecule has 0 aliphatic carbocycles. The van der Waals surface area contributed by atoms with Crippen molar-refractivity contribution in [1.82, 2.24) is 9.97 Å². The van der Waals surface area contributed by atoms with Crippen LogP contribution in [0.15, 0.2) is 6.07 Å². The van der Waals surface area contributed by atoms with Crippen LogP contribution in [0.2, 0.25) is 0 Å². The zero-order valence-electron chi connectivity index (χ0n) is 13.6. The van der Waals surface area contributed by atoms with Crippen LogP contribution in [0.3, 0.4) is 0 Å². The summed E-state index contributed by atoms with van der Waals surface area (Å²) >= 11 is 0. The minimum Gasteiger partial charge on any atom is -0.369 e. The molecule has 2 heterocycles. The zero-order chi connectivity index (χ0) is 20.0. The lowest BCUT2D eigenvalue weighted by atomic mass is 10.1. The first kappa shape index (κ1) is 18.8. The Hall–Kier alpha value is -2.97. The third-order valence-corrected chi connectivity index (χ3v) is 4.36. The fourth-order valence-electron chi connectivity index (χ4n) is 3.09. The monoisotopic (exact) mass is 389 g/mol. The van der Waals surface area contributed by atoms with E-state index in [-0.39, 0.29) is 16.8 Å². The van der Waals surface area contributed by atoms with Gasteiger partial charge in [-0.25, -0.2) is 4.98 Å². The van der Waals surface area contributed by atoms with Gasteiger partial charge in [-0.2, -0.15) is 27.2 Å². The Bertz CT molecular complexity index is 941. The van der Waals surface area contributed by atoms with Gasteiger partial charge in [0.25, 0.3) is 5.69 Å². The fourth-order valence-corrected chi connectivity index (χ4v) is 3.09. The number of H-pyrrole nitrogens is 1. The van der Waals surface area contributed by atoms with Gasteiger partial charge in [0.15, 0.2) is 11.3 Å². The van der Waals surface area contributed by atoms with E-state index in [9.17, 15) is 37.3 Å². The molecule has 1 N–H and O–H groups in total. The lowest BCUT2D eigenvalue weighted by Crippen LogP contribution is -2.34. The second kappa shape index (κ2) is 6.33. The Morgan fingerprint density at radius 2 is 1.85 bits per heavy atom. The summed E-state index contributed by atoms with van der Waals surface area (Å²) in [5, 5.41) is 20.6. The molecule has 0 radical (unpaired) electrons. The number of piperidine rings is 1. The maximum atomic E-state index is 13.7. The van der Waals surface area contributed by atoms with E-state index in [2.05, 4.69) is 4.98 Å². The average Bonchev–Trinajstić information content (AvgIpc) is 3.05. The number of hydrogen-bond acceptors (Lipinski definition) is 5. The number of aromatic nitrogens is 2. The van der Waals surface area contributed by atoms with Crippen molar-refractivity contribution >= 4 is 22.4 Å². The number of nitrogens with zero attached hydrogens (tertiary/aromatic N) is 4. The summed E-state index contributed by atoms with van der Waals surface area (Å²) in [4.78, 5) is 17.0. The molecule has 0 atom stereocenters. The minimum absolute atomic E-state index is 0.0505. The van der Waals surface area contributed by atoms with Gasteiger partial charge in [-0.3, -0.25) is 10.1 Å². The highest BCUT2D eigenvalue weighted by Crippen LogP contribution is 2.45. The lowest BCUT2D eigenvalue weighted by Gasteiger charge is -2.29. The van der Waals surface area contributed by atoms with Crippen LogP contribution < -0.4 is 4.90 Å². The van der Waals surface area contributed by atoms with Gasteiger partial charge in [-0.05, 0) is 19.3 Å². The van der Waals surface area contributed by atoms with Crippen molar-refractivity contribution in [2.24, 2.45) is 0 Å². The van der Waals surface area contributed by atoms with E-state index < -0.39 is 34.1 Å². The number of imidazole rings is 1. The molecular weight excluding hydrogens is 377 g/mol. The van der Waals surface area contributed by atoms with Crippen LogP contribution in [0.5, 0.6) is 0 Å². The zero-order valence-corrected chi connectivity index (χ0v) is 13.6. The Morgan fingerprint density at radius 3 is 2.37 bits per heavy atom. The number of benzene rings is 1. The number of halogens is 5. The molecule has 0 amide bonds. The predicted molar refractivity (Wildman–Crippen MR) is 83.5 cm³/mol. The normalized spacial score (nSPS) is 15.8. The Morgan fingerprint density at radius 1 is 1.22 bits per heavy atom. The van der Waals surface area contributed by atoms with E-state index in [1.807, 2.05) is 4.98 Å². The van der Waals surface area contributed by atoms with Crippen LogP contribution in [0, 0.1) is 21.4 Å². The molecule has 1 aromatic heterocycles. The van der Waals surface area contributed by atoms with Gasteiger partial charge >= 0.3 is 12.1 Å². The molecule has 144 valence electrons. The molecule has 1 aliphatic rings. The lowest BCUT2D eigenvalue weighted by molar-refractivity contribution is -0.383. The van der Waals surface area contributed by atoms with Gasteiger partial charge in [0.1, 0.15) is 6.07 Å². The van der Waals surface area contributed by atoms with Crippen LogP contribution in [0.4, 0.5) is 33.3 Å². The van der Waals surface area contributed by atoms with Crippen LogP contribution in [0.25, 0.3) is 11.0 Å². The van der Waals surface area contributed by atoms with E-state index in [4.69, 9.17) is 0 Å². The van der Waals surface area contributed by atoms with Crippen molar-refractivity contribution in [3.63, 3.8) is 0 Å². The van der Waals surface area contributed by atoms with Crippen LogP contribution >= 0.6 is 0 Å². The molecule has 1 aromatic carbocycles. The van der Waals surface area contributed by atoms with Gasteiger partial charge in [0.05, 0.1) is 21.7 Å². The maximum Gasteiger partial charge on any atom is 0.461 e. The van der Waals surface area contributed by atoms with Crippen LogP contribution in [0.1, 0.15) is 30.7 Å². The molecule has 0 unspecified atom stereocenters. The van der Waals surface area contributed by atoms with Gasteiger partial charge in [-0.15, -0.1) is 0 Å². The molecule has 1 aliphatic heterocycles. The molecule has 3 rings (SSSR count). The number of non-ortho nitro benzene ring substituents is 1. The Labute approximate surface area is 148 Å². The molecule has 27 heavy (non-hydrogen) atoms. The van der Waals surface area contributed by atoms with Crippen LogP contribution in [-0.2, 0) is 5.92 Å². The molecule has 12 heteroatoms. The minimum atomic E-state index is -5.93. The number of rotatable bonds is 3. The quantitative estimate of drug-likeness (QED) is 0.486. The van der Waals surface area contributed by atoms with Crippen molar-refractivity contribution in [1.29, 1.82) is 5.26 Å². The highest BCUT2D eigenvalue weighted by atomic mass is 19.4. The second-order valence-corrected chi connectivity index (χ2v) is 6.09. The van der Waals surface area contributed by atoms with Gasteiger partial charge in [0.2, 0.25) is 0 Å². The summed E-state index contributed by atoms with van der Waals surface area (Å²) in [6.07, 6.45) is -3.58. The number of anilines is 1. The summed E-state index contributed by atoms with van der Waals surface area (Å²) in [5.74, 6) is -7.08. The average molecular weight is 389 g/mol. The SMILES string of the molecule is N#Cc1cc([N+](=O)[O-])c2nc(C(F)(F)C(F)(F)F)[nH]c2c1N1CCCCC1. The largest absolute Gasteiger partial charge is 0.461 e. The van der Waals surface area contributed by atoms with Crippen LogP contribution in [-0.4, -0.2) is 34.2 Å². The molecule has 1 fully saturated rings. The first-order chi connectivity index (χ1) is 12.6. The summed E-state index contributed by atoms with van der Waals surface area (Å²) in [6, 6.07) is 2.60. The number of alkyl halides is 5. The number of aromatic amines is 1. The van der Waals surface area contributed by atoms with E-state index in [1.165, 1.54) is 0 Å². The molecule has 2 aromatic rings. The van der Waals surface area contributed by atoms with E-state index >= 15 is 0 Å². The fraction of sp³-hybridized carbons (Fsp3) is 0.467. The third-order valence-electron chi connectivity index (χ3n) is 4.36. The number of nitro groups is 1. The summed E-state index contributed by atoms with van der Waals surface area (Å²) in [5.41, 5.74) is -1.97. The van der Waals surface area contributed by atoms with Crippen molar-refractivity contribution < 1.29 is 26.9 Å². The maximum absolute atomic E-state index is 13.7. The highest BCUT2D eigenvalue weighted by Gasteiger charge is 2.61. The number of hydrogen-bond donors (Lipinski definition) is 1. The predicted octanol–water partition coefficient (Wildman–Crippen LogP) is 3.99. The number of nitriles is 1. The Balaban J connectivity index is 2.33. The smallest absolute Gasteiger partial charge is 0.369 e. The standard InChI is InChI=1S/C15H12F5N5O2/c16-14(17,15(18,19)20)13-22-10-9(25(26)27)6-8(7-21)12(11(10)23-13)24-4-2-1-3-5-24/h6H,1-5H2,(H,22,23). The van der Waals surface area contributed by atoms with Gasteiger partial charge in [-0.1, -0.05) is 0 Å². The first-order valence-corrected chi connectivity index (χ1v) is 7.89. The number of nitro benzene ring substituents is 1. The van der Waals surface area contributed by atoms with Gasteiger partial charge in [0, 0.05) is 19.2 Å². The molecule has 1 saturated heterocycles. The van der Waals surface area contributed by atoms with Crippen molar-refractivity contribution in [2.45, 2.75) is 31.4 Å². The number of nitrogens with one attached hydrogen (secondary N) is 1. The molecule has 7 nitrogen and oxygen atoms in total. The second-order valence-electron chi connectivity index (χ2n) is 6.09. The first-order valence-electron chi connectivity index (χ1n) is 7.89. The number of fused-ring (bicyclic) bond motifs is 1. The highest BCUT2D eigenvalue weighted by molar-refractivity contribution is 5.98. The summed E-state index contributed by atoms with van der Waals surface area (Å²) < 4.78 is 65.5. The third kappa shape index (κ3) is 3.02. The van der Waals surface area contributed by atoms with E-state index in [0.717, 1.165) is 25.3 Å². The topological polar surface area (TPSA) is 98.8 Å². The van der Waals surface area contributed by atoms with E-state index in [0.29, 0.717) is 13.1 Å². The van der Waals surface area contributed by atoms with Crippen molar-refractivity contribution in [2.75, 3.05) is 18.0 Å². The molecule has 0 spiro atoms. The summed E-state index contributed by atoms with van der Waals surface area (Å²) in [7, 11) is 0. The van der Waals surface area contributed by atoms with Crippen molar-refractivity contribution in [3.05, 3.63) is 27.6 Å². The molecular formula is C15H12F5N5O2. The van der Waals surface area contributed by atoms with Gasteiger partial charge < -0.3 is 9.88 Å². The molecule has 0 saturated carbocycles. The Kier molecular flexibility index (Phi) is 4.41. The van der Waals surface area contributed by atoms with E-state index in [1.54, 1.807) is 11.0 Å². The van der Waals surface area contributed by atoms with Crippen molar-refractivity contribution in [3.8, 4) is 6.07 Å². The molecule has 0 bridgehead atoms. The summed E-state index contributed by atoms with van der Waals surface area (Å²) in [6.45, 7) is 0.872.